The van der Waals surface area contributed by atoms with Gasteiger partial charge in [0.15, 0.2) is 0 Å². The summed E-state index contributed by atoms with van der Waals surface area (Å²) in [5.41, 5.74) is 2.26. The van der Waals surface area contributed by atoms with Crippen molar-refractivity contribution in [1.82, 2.24) is 5.32 Å². The number of rotatable bonds is 4. The Morgan fingerprint density at radius 3 is 2.24 bits per heavy atom. The molecular formula is C15H18F3N3O4. The number of hydrogen-bond donors (Lipinski definition) is 3. The number of nitrogens with two attached hydrogens (primary N) is 1. The van der Waals surface area contributed by atoms with Gasteiger partial charge >= 0.3 is 12.3 Å². The summed E-state index contributed by atoms with van der Waals surface area (Å²) in [4.78, 5) is 34.5. The minimum atomic E-state index is -4.69. The predicted molar refractivity (Wildman–Crippen MR) is 82.8 cm³/mol. The van der Waals surface area contributed by atoms with Crippen molar-refractivity contribution in [2.24, 2.45) is 5.73 Å². The van der Waals surface area contributed by atoms with Crippen LogP contribution in [-0.4, -0.2) is 30.1 Å². The highest BCUT2D eigenvalue weighted by Gasteiger charge is 2.32. The van der Waals surface area contributed by atoms with E-state index in [-0.39, 0.29) is 5.69 Å². The van der Waals surface area contributed by atoms with Gasteiger partial charge in [-0.1, -0.05) is 0 Å². The van der Waals surface area contributed by atoms with Crippen LogP contribution in [0.3, 0.4) is 0 Å². The number of anilines is 1. The molecule has 0 fully saturated rings. The first-order chi connectivity index (χ1) is 11.3. The summed E-state index contributed by atoms with van der Waals surface area (Å²) in [7, 11) is 0. The molecule has 0 saturated heterocycles. The molecule has 0 aliphatic rings. The van der Waals surface area contributed by atoms with Crippen LogP contribution in [0.1, 0.15) is 36.7 Å². The minimum absolute atomic E-state index is 0.204. The van der Waals surface area contributed by atoms with Crippen LogP contribution in [-0.2, 0) is 15.7 Å². The number of halogens is 3. The van der Waals surface area contributed by atoms with Crippen LogP contribution < -0.4 is 16.4 Å². The lowest BCUT2D eigenvalue weighted by Gasteiger charge is -2.20. The van der Waals surface area contributed by atoms with Crippen LogP contribution in [0.2, 0.25) is 0 Å². The zero-order valence-electron chi connectivity index (χ0n) is 13.8. The van der Waals surface area contributed by atoms with Crippen LogP contribution in [0.15, 0.2) is 18.2 Å². The number of nitrogens with one attached hydrogen (secondary N) is 2. The van der Waals surface area contributed by atoms with E-state index >= 15 is 0 Å². The van der Waals surface area contributed by atoms with Gasteiger partial charge in [-0.25, -0.2) is 4.79 Å². The Bertz CT molecular complexity index is 682. The van der Waals surface area contributed by atoms with Crippen LogP contribution in [0.25, 0.3) is 0 Å². The molecule has 25 heavy (non-hydrogen) atoms. The van der Waals surface area contributed by atoms with Crippen molar-refractivity contribution in [3.05, 3.63) is 29.3 Å². The molecule has 10 heteroatoms. The molecule has 0 unspecified atom stereocenters. The fourth-order valence-corrected chi connectivity index (χ4v) is 1.69. The maximum Gasteiger partial charge on any atom is 0.416 e. The van der Waals surface area contributed by atoms with Gasteiger partial charge in [0.2, 0.25) is 5.91 Å². The lowest BCUT2D eigenvalue weighted by atomic mass is 10.1. The number of primary amides is 1. The van der Waals surface area contributed by atoms with Gasteiger partial charge in [-0.2, -0.15) is 13.2 Å². The van der Waals surface area contributed by atoms with Crippen LogP contribution in [0, 0.1) is 0 Å². The second-order valence-corrected chi connectivity index (χ2v) is 6.03. The van der Waals surface area contributed by atoms with E-state index in [1.54, 1.807) is 20.8 Å². The Balaban J connectivity index is 3.16. The lowest BCUT2D eigenvalue weighted by Crippen LogP contribution is -2.34. The van der Waals surface area contributed by atoms with Crippen LogP contribution >= 0.6 is 0 Å². The fourth-order valence-electron chi connectivity index (χ4n) is 1.69. The quantitative estimate of drug-likeness (QED) is 0.764. The van der Waals surface area contributed by atoms with E-state index in [1.165, 1.54) is 0 Å². The van der Waals surface area contributed by atoms with Gasteiger partial charge in [0.25, 0.3) is 5.91 Å². The summed E-state index contributed by atoms with van der Waals surface area (Å²) >= 11 is 0. The maximum absolute atomic E-state index is 12.8. The monoisotopic (exact) mass is 361 g/mol. The topological polar surface area (TPSA) is 111 Å². The average molecular weight is 361 g/mol. The molecule has 0 aliphatic carbocycles. The second-order valence-electron chi connectivity index (χ2n) is 6.03. The summed E-state index contributed by atoms with van der Waals surface area (Å²) in [6.07, 6.45) is -5.64. The van der Waals surface area contributed by atoms with Gasteiger partial charge in [0.1, 0.15) is 5.60 Å². The highest BCUT2D eigenvalue weighted by Crippen LogP contribution is 2.32. The van der Waals surface area contributed by atoms with E-state index in [2.05, 4.69) is 10.6 Å². The first-order valence-corrected chi connectivity index (χ1v) is 7.07. The van der Waals surface area contributed by atoms with E-state index in [4.69, 9.17) is 10.5 Å². The third-order valence-electron chi connectivity index (χ3n) is 2.65. The number of carbonyl (C=O) groups is 3. The van der Waals surface area contributed by atoms with E-state index in [0.717, 1.165) is 6.07 Å². The van der Waals surface area contributed by atoms with Crippen molar-refractivity contribution < 1.29 is 32.3 Å². The number of ether oxygens (including phenoxy) is 1. The molecule has 3 amide bonds. The molecule has 7 nitrogen and oxygen atoms in total. The Labute approximate surface area is 141 Å². The van der Waals surface area contributed by atoms with Gasteiger partial charge in [-0.15, -0.1) is 0 Å². The summed E-state index contributed by atoms with van der Waals surface area (Å²) in [6, 6.07) is 2.19. The van der Waals surface area contributed by atoms with Gasteiger partial charge in [-0.3, -0.25) is 14.9 Å². The maximum atomic E-state index is 12.8. The van der Waals surface area contributed by atoms with Crippen molar-refractivity contribution in [1.29, 1.82) is 0 Å². The van der Waals surface area contributed by atoms with Gasteiger partial charge in [0.05, 0.1) is 23.4 Å². The molecule has 1 aromatic rings. The van der Waals surface area contributed by atoms with Crippen molar-refractivity contribution in [3.63, 3.8) is 0 Å². The third-order valence-corrected chi connectivity index (χ3v) is 2.65. The second kappa shape index (κ2) is 7.41. The van der Waals surface area contributed by atoms with Gasteiger partial charge in [-0.05, 0) is 39.0 Å². The fraction of sp³-hybridized carbons (Fsp3) is 0.400. The highest BCUT2D eigenvalue weighted by atomic mass is 19.4. The number of carbonyl (C=O) groups excluding carboxylic acids is 3. The minimum Gasteiger partial charge on any atom is -0.444 e. The standard InChI is InChI=1S/C15H18F3N3O4/c1-14(2,3)25-13(24)21-10-5-4-8(15(16,17)18)6-9(10)12(23)20-7-11(19)22/h4-6H,7H2,1-3H3,(H2,19,22)(H,20,23)(H,21,24). The van der Waals surface area contributed by atoms with E-state index < -0.39 is 47.4 Å². The molecule has 0 radical (unpaired) electrons. The Morgan fingerprint density at radius 1 is 1.16 bits per heavy atom. The molecular weight excluding hydrogens is 343 g/mol. The smallest absolute Gasteiger partial charge is 0.416 e. The molecule has 0 aromatic heterocycles. The lowest BCUT2D eigenvalue weighted by molar-refractivity contribution is -0.137. The zero-order chi connectivity index (χ0) is 19.4. The SMILES string of the molecule is CC(C)(C)OC(=O)Nc1ccc(C(F)(F)F)cc1C(=O)NCC(N)=O. The molecule has 0 spiro atoms. The first kappa shape index (κ1) is 20.3. The Morgan fingerprint density at radius 2 is 1.76 bits per heavy atom. The van der Waals surface area contributed by atoms with Crippen molar-refractivity contribution in [3.8, 4) is 0 Å². The van der Waals surface area contributed by atoms with Crippen LogP contribution in [0.4, 0.5) is 23.7 Å². The molecule has 0 aliphatic heterocycles. The van der Waals surface area contributed by atoms with Crippen LogP contribution in [0.5, 0.6) is 0 Å². The summed E-state index contributed by atoms with van der Waals surface area (Å²) in [5, 5.41) is 4.27. The molecule has 0 bridgehead atoms. The summed E-state index contributed by atoms with van der Waals surface area (Å²) in [6.45, 7) is 4.22. The van der Waals surface area contributed by atoms with Crippen molar-refractivity contribution in [2.75, 3.05) is 11.9 Å². The van der Waals surface area contributed by atoms with Gasteiger partial charge < -0.3 is 15.8 Å². The number of hydrogen-bond acceptors (Lipinski definition) is 4. The molecule has 0 atom stereocenters. The Kier molecular flexibility index (Phi) is 6.01. The number of alkyl halides is 3. The zero-order valence-corrected chi connectivity index (χ0v) is 13.8. The number of amides is 3. The van der Waals surface area contributed by atoms with Crippen molar-refractivity contribution >= 4 is 23.6 Å². The molecule has 0 saturated carbocycles. The predicted octanol–water partition coefficient (Wildman–Crippen LogP) is 2.27. The molecule has 1 rings (SSSR count). The van der Waals surface area contributed by atoms with Crippen molar-refractivity contribution in [2.45, 2.75) is 32.5 Å². The Hall–Kier alpha value is -2.78. The molecule has 1 aromatic carbocycles. The molecule has 0 heterocycles. The first-order valence-electron chi connectivity index (χ1n) is 7.07. The molecule has 138 valence electrons. The largest absolute Gasteiger partial charge is 0.444 e. The summed E-state index contributed by atoms with van der Waals surface area (Å²) in [5.74, 6) is -1.88. The van der Waals surface area contributed by atoms with Gasteiger partial charge in [0, 0.05) is 0 Å². The normalized spacial score (nSPS) is 11.6. The van der Waals surface area contributed by atoms with E-state index in [1.807, 2.05) is 0 Å². The summed E-state index contributed by atoms with van der Waals surface area (Å²) < 4.78 is 43.5. The number of benzene rings is 1. The third kappa shape index (κ3) is 6.69. The highest BCUT2D eigenvalue weighted by molar-refractivity contribution is 6.03. The van der Waals surface area contributed by atoms with E-state index in [9.17, 15) is 27.6 Å². The van der Waals surface area contributed by atoms with E-state index in [0.29, 0.717) is 12.1 Å². The molecule has 4 N–H and O–H groups in total. The average Bonchev–Trinajstić information content (AvgIpc) is 2.41.